The molecule has 1 aliphatic heterocycles. The van der Waals surface area contributed by atoms with Crippen molar-refractivity contribution >= 4 is 5.91 Å². The number of rotatable bonds is 8. The van der Waals surface area contributed by atoms with Crippen LogP contribution in [0.1, 0.15) is 36.9 Å². The highest BCUT2D eigenvalue weighted by atomic mass is 16.5. The molecule has 2 heterocycles. The fourth-order valence-electron chi connectivity index (χ4n) is 2.97. The largest absolute Gasteiger partial charge is 0.383 e. The van der Waals surface area contributed by atoms with Gasteiger partial charge in [-0.2, -0.15) is 4.98 Å². The number of likely N-dealkylation sites (tertiary alicyclic amines) is 1. The minimum Gasteiger partial charge on any atom is -0.383 e. The normalized spacial score (nSPS) is 22.0. The average Bonchev–Trinajstić information content (AvgIpc) is 3.14. The number of methoxy groups -OCH3 is 1. The number of carbonyl (C=O) groups excluding carboxylic acids is 1. The van der Waals surface area contributed by atoms with E-state index < -0.39 is 0 Å². The van der Waals surface area contributed by atoms with Crippen LogP contribution < -0.4 is 0 Å². The molecule has 2 fully saturated rings. The predicted molar refractivity (Wildman–Crippen MR) is 79.2 cm³/mol. The van der Waals surface area contributed by atoms with Crippen molar-refractivity contribution in [3.8, 4) is 0 Å². The molecule has 0 radical (unpaired) electrons. The molecule has 0 N–H and O–H groups in total. The summed E-state index contributed by atoms with van der Waals surface area (Å²) < 4.78 is 10.3. The summed E-state index contributed by atoms with van der Waals surface area (Å²) in [5.41, 5.74) is 0. The van der Waals surface area contributed by atoms with Gasteiger partial charge in [0, 0.05) is 39.1 Å². The number of hydrogen-bond donors (Lipinski definition) is 0. The third-order valence-electron chi connectivity index (χ3n) is 4.26. The van der Waals surface area contributed by atoms with Gasteiger partial charge in [0.1, 0.15) is 0 Å². The SMILES string of the molecule is COCCN1C[C@@H](CN(C)Cc2nc(C3CC3)no2)CC1=O. The van der Waals surface area contributed by atoms with Crippen LogP contribution in [0.15, 0.2) is 4.52 Å². The van der Waals surface area contributed by atoms with Crippen molar-refractivity contribution in [3.63, 3.8) is 0 Å². The molecule has 1 saturated carbocycles. The fourth-order valence-corrected chi connectivity index (χ4v) is 2.97. The lowest BCUT2D eigenvalue weighted by Crippen LogP contribution is -2.31. The van der Waals surface area contributed by atoms with Gasteiger partial charge in [0.2, 0.25) is 11.8 Å². The Morgan fingerprint density at radius 2 is 2.27 bits per heavy atom. The minimum absolute atomic E-state index is 0.226. The Labute approximate surface area is 130 Å². The fraction of sp³-hybridized carbons (Fsp3) is 0.800. The second-order valence-electron chi connectivity index (χ2n) is 6.42. The van der Waals surface area contributed by atoms with Crippen LogP contribution in [0.3, 0.4) is 0 Å². The van der Waals surface area contributed by atoms with E-state index >= 15 is 0 Å². The molecule has 7 heteroatoms. The van der Waals surface area contributed by atoms with Crippen LogP contribution in [0.5, 0.6) is 0 Å². The van der Waals surface area contributed by atoms with Gasteiger partial charge in [-0.3, -0.25) is 9.69 Å². The molecule has 1 saturated heterocycles. The maximum Gasteiger partial charge on any atom is 0.240 e. The monoisotopic (exact) mass is 308 g/mol. The zero-order chi connectivity index (χ0) is 15.5. The number of aromatic nitrogens is 2. The summed E-state index contributed by atoms with van der Waals surface area (Å²) in [5.74, 6) is 2.63. The average molecular weight is 308 g/mol. The molecular weight excluding hydrogens is 284 g/mol. The summed E-state index contributed by atoms with van der Waals surface area (Å²) in [7, 11) is 3.69. The quantitative estimate of drug-likeness (QED) is 0.710. The number of hydrogen-bond acceptors (Lipinski definition) is 6. The van der Waals surface area contributed by atoms with Crippen molar-refractivity contribution in [2.24, 2.45) is 5.92 Å². The number of amides is 1. The number of nitrogens with zero attached hydrogens (tertiary/aromatic N) is 4. The van der Waals surface area contributed by atoms with Crippen LogP contribution in [0.25, 0.3) is 0 Å². The standard InChI is InChI=1S/C15H24N4O3/c1-18(10-13-16-15(17-22-13)12-3-4-12)8-11-7-14(20)19(9-11)5-6-21-2/h11-12H,3-10H2,1-2H3/t11-/m1/s1. The molecule has 7 nitrogen and oxygen atoms in total. The Bertz CT molecular complexity index is 515. The van der Waals surface area contributed by atoms with Gasteiger partial charge in [0.05, 0.1) is 13.2 Å². The van der Waals surface area contributed by atoms with Crippen LogP contribution in [-0.2, 0) is 16.1 Å². The van der Waals surface area contributed by atoms with E-state index in [2.05, 4.69) is 15.0 Å². The summed E-state index contributed by atoms with van der Waals surface area (Å²) in [6.45, 7) is 3.59. The molecule has 1 amide bonds. The number of carbonyl (C=O) groups is 1. The molecule has 1 aromatic rings. The van der Waals surface area contributed by atoms with Gasteiger partial charge in [-0.1, -0.05) is 5.16 Å². The van der Waals surface area contributed by atoms with Crippen molar-refractivity contribution in [3.05, 3.63) is 11.7 Å². The Balaban J connectivity index is 1.45. The van der Waals surface area contributed by atoms with E-state index in [-0.39, 0.29) is 5.91 Å². The van der Waals surface area contributed by atoms with Gasteiger partial charge in [-0.15, -0.1) is 0 Å². The first-order valence-electron chi connectivity index (χ1n) is 7.93. The van der Waals surface area contributed by atoms with Gasteiger partial charge in [-0.25, -0.2) is 0 Å². The van der Waals surface area contributed by atoms with Crippen LogP contribution >= 0.6 is 0 Å². The van der Waals surface area contributed by atoms with Crippen molar-refractivity contribution in [2.75, 3.05) is 40.4 Å². The van der Waals surface area contributed by atoms with E-state index in [0.717, 1.165) is 18.9 Å². The Hall–Kier alpha value is -1.47. The minimum atomic E-state index is 0.226. The summed E-state index contributed by atoms with van der Waals surface area (Å²) in [6, 6.07) is 0. The predicted octanol–water partition coefficient (Wildman–Crippen LogP) is 0.874. The van der Waals surface area contributed by atoms with E-state index in [1.54, 1.807) is 7.11 Å². The zero-order valence-electron chi connectivity index (χ0n) is 13.3. The van der Waals surface area contributed by atoms with Crippen molar-refractivity contribution in [1.29, 1.82) is 0 Å². The van der Waals surface area contributed by atoms with E-state index in [0.29, 0.717) is 43.8 Å². The molecule has 0 aromatic carbocycles. The zero-order valence-corrected chi connectivity index (χ0v) is 13.3. The molecule has 1 atom stereocenters. The lowest BCUT2D eigenvalue weighted by atomic mass is 10.1. The molecule has 1 aromatic heterocycles. The molecular formula is C15H24N4O3. The molecule has 2 aliphatic rings. The maximum absolute atomic E-state index is 11.9. The first-order valence-corrected chi connectivity index (χ1v) is 7.93. The van der Waals surface area contributed by atoms with Crippen molar-refractivity contribution in [2.45, 2.75) is 31.7 Å². The van der Waals surface area contributed by atoms with Crippen molar-refractivity contribution in [1.82, 2.24) is 19.9 Å². The second kappa shape index (κ2) is 6.75. The van der Waals surface area contributed by atoms with Gasteiger partial charge < -0.3 is 14.2 Å². The third-order valence-corrected chi connectivity index (χ3v) is 4.26. The molecule has 0 spiro atoms. The highest BCUT2D eigenvalue weighted by molar-refractivity contribution is 5.78. The third kappa shape index (κ3) is 3.84. The summed E-state index contributed by atoms with van der Waals surface area (Å²) in [4.78, 5) is 20.4. The lowest BCUT2D eigenvalue weighted by molar-refractivity contribution is -0.128. The van der Waals surface area contributed by atoms with Crippen LogP contribution in [0.4, 0.5) is 0 Å². The van der Waals surface area contributed by atoms with E-state index in [4.69, 9.17) is 9.26 Å². The van der Waals surface area contributed by atoms with Crippen molar-refractivity contribution < 1.29 is 14.1 Å². The lowest BCUT2D eigenvalue weighted by Gasteiger charge is -2.19. The van der Waals surface area contributed by atoms with Gasteiger partial charge in [0.25, 0.3) is 0 Å². The molecule has 1 aliphatic carbocycles. The van der Waals surface area contributed by atoms with Crippen LogP contribution in [0, 0.1) is 5.92 Å². The molecule has 0 bridgehead atoms. The first kappa shape index (κ1) is 15.4. The topological polar surface area (TPSA) is 71.7 Å². The maximum atomic E-state index is 11.9. The van der Waals surface area contributed by atoms with Gasteiger partial charge in [0.15, 0.2) is 5.82 Å². The molecule has 3 rings (SSSR count). The molecule has 122 valence electrons. The van der Waals surface area contributed by atoms with Gasteiger partial charge in [-0.05, 0) is 25.8 Å². The smallest absolute Gasteiger partial charge is 0.240 e. The first-order chi connectivity index (χ1) is 10.7. The van der Waals surface area contributed by atoms with Crippen LogP contribution in [-0.4, -0.2) is 66.2 Å². The number of ether oxygens (including phenoxy) is 1. The summed E-state index contributed by atoms with van der Waals surface area (Å²) in [6.07, 6.45) is 2.97. The van der Waals surface area contributed by atoms with E-state index in [9.17, 15) is 4.79 Å². The Morgan fingerprint density at radius 3 is 3.00 bits per heavy atom. The molecule has 22 heavy (non-hydrogen) atoms. The highest BCUT2D eigenvalue weighted by Crippen LogP contribution is 2.38. The van der Waals surface area contributed by atoms with E-state index in [1.807, 2.05) is 11.9 Å². The Morgan fingerprint density at radius 1 is 1.45 bits per heavy atom. The van der Waals surface area contributed by atoms with Gasteiger partial charge >= 0.3 is 0 Å². The second-order valence-corrected chi connectivity index (χ2v) is 6.42. The van der Waals surface area contributed by atoms with E-state index in [1.165, 1.54) is 12.8 Å². The summed E-state index contributed by atoms with van der Waals surface area (Å²) >= 11 is 0. The highest BCUT2D eigenvalue weighted by Gasteiger charge is 2.31. The molecule has 0 unspecified atom stereocenters. The summed E-state index contributed by atoms with van der Waals surface area (Å²) in [5, 5.41) is 4.03. The Kier molecular flexibility index (Phi) is 4.73. The van der Waals surface area contributed by atoms with Crippen LogP contribution in [0.2, 0.25) is 0 Å².